The van der Waals surface area contributed by atoms with Crippen molar-refractivity contribution < 1.29 is 28.7 Å². The molecule has 4 aromatic rings. The minimum absolute atomic E-state index is 0.124. The Balaban J connectivity index is 1.46. The van der Waals surface area contributed by atoms with Gasteiger partial charge in [0.1, 0.15) is 23.6 Å². The Bertz CT molecular complexity index is 1760. The molecule has 260 valence electrons. The lowest BCUT2D eigenvalue weighted by Crippen LogP contribution is -2.49. The van der Waals surface area contributed by atoms with Crippen LogP contribution in [-0.2, 0) is 32.0 Å². The minimum Gasteiger partial charge on any atom is -0.497 e. The number of hydrogen-bond acceptors (Lipinski definition) is 6. The summed E-state index contributed by atoms with van der Waals surface area (Å²) in [4.78, 5) is 56.9. The number of benzene rings is 4. The Hall–Kier alpha value is -5.90. The summed E-state index contributed by atoms with van der Waals surface area (Å²) in [5, 5.41) is 5.72. The number of likely N-dealkylation sites (N-methyl/N-ethyl adjacent to an activating group) is 2. The zero-order chi connectivity index (χ0) is 36.0. The zero-order valence-corrected chi connectivity index (χ0v) is 29.1. The van der Waals surface area contributed by atoms with E-state index in [1.165, 1.54) is 15.9 Å². The number of amides is 4. The quantitative estimate of drug-likeness (QED) is 0.169. The Morgan fingerprint density at radius 3 is 1.42 bits per heavy atom. The average molecular weight is 677 g/mol. The summed E-state index contributed by atoms with van der Waals surface area (Å²) in [5.41, 5.74) is 3.51. The van der Waals surface area contributed by atoms with Crippen LogP contribution in [0.2, 0.25) is 0 Å². The molecule has 0 saturated carbocycles. The first-order valence-electron chi connectivity index (χ1n) is 16.3. The summed E-state index contributed by atoms with van der Waals surface area (Å²) in [6.07, 6.45) is 1.74. The van der Waals surface area contributed by atoms with E-state index in [0.717, 1.165) is 11.1 Å². The van der Waals surface area contributed by atoms with Crippen LogP contribution >= 0.6 is 0 Å². The molecular formula is C40H44N4O6. The molecule has 50 heavy (non-hydrogen) atoms. The van der Waals surface area contributed by atoms with Crippen molar-refractivity contribution in [1.29, 1.82) is 0 Å². The molecule has 0 saturated heterocycles. The zero-order valence-electron chi connectivity index (χ0n) is 29.1. The Morgan fingerprint density at radius 2 is 1.02 bits per heavy atom. The fourth-order valence-electron chi connectivity index (χ4n) is 5.42. The van der Waals surface area contributed by atoms with E-state index in [1.807, 2.05) is 60.7 Å². The first-order chi connectivity index (χ1) is 24.1. The number of methoxy groups -OCH3 is 2. The molecule has 0 aliphatic carbocycles. The van der Waals surface area contributed by atoms with E-state index in [4.69, 9.17) is 9.47 Å². The molecule has 0 bridgehead atoms. The van der Waals surface area contributed by atoms with Crippen LogP contribution in [0.1, 0.15) is 24.5 Å². The summed E-state index contributed by atoms with van der Waals surface area (Å²) >= 11 is 0. The van der Waals surface area contributed by atoms with E-state index in [1.54, 1.807) is 83.8 Å². The molecule has 0 fully saturated rings. The van der Waals surface area contributed by atoms with Gasteiger partial charge in [0.25, 0.3) is 0 Å². The highest BCUT2D eigenvalue weighted by Gasteiger charge is 2.27. The number of rotatable bonds is 15. The van der Waals surface area contributed by atoms with Gasteiger partial charge in [-0.05, 0) is 66.6 Å². The lowest BCUT2D eigenvalue weighted by atomic mass is 10.0. The second kappa shape index (κ2) is 18.0. The van der Waals surface area contributed by atoms with Gasteiger partial charge in [-0.3, -0.25) is 19.2 Å². The molecule has 4 aromatic carbocycles. The molecule has 0 spiro atoms. The topological polar surface area (TPSA) is 117 Å². The lowest BCUT2D eigenvalue weighted by Gasteiger charge is -2.25. The maximum atomic E-state index is 13.7. The van der Waals surface area contributed by atoms with Gasteiger partial charge in [0.05, 0.1) is 14.2 Å². The molecule has 10 nitrogen and oxygen atoms in total. The van der Waals surface area contributed by atoms with Gasteiger partial charge in [-0.2, -0.15) is 0 Å². The molecule has 0 aliphatic heterocycles. The number of ether oxygens (including phenoxy) is 2. The highest BCUT2D eigenvalue weighted by atomic mass is 16.5. The van der Waals surface area contributed by atoms with E-state index in [2.05, 4.69) is 10.6 Å². The Kier molecular flexibility index (Phi) is 13.3. The molecule has 0 aliphatic rings. The van der Waals surface area contributed by atoms with E-state index >= 15 is 0 Å². The van der Waals surface area contributed by atoms with E-state index in [-0.39, 0.29) is 31.1 Å². The number of hydrogen-bond donors (Lipinski definition) is 2. The third-order valence-electron chi connectivity index (χ3n) is 8.21. The maximum absolute atomic E-state index is 13.7. The van der Waals surface area contributed by atoms with Crippen LogP contribution in [0.25, 0.3) is 0 Å². The number of nitrogens with zero attached hydrogens (tertiary/aromatic N) is 2. The van der Waals surface area contributed by atoms with Crippen molar-refractivity contribution in [3.63, 3.8) is 0 Å². The van der Waals surface area contributed by atoms with Gasteiger partial charge < -0.3 is 29.9 Å². The van der Waals surface area contributed by atoms with Crippen molar-refractivity contribution in [2.75, 3.05) is 38.1 Å². The van der Waals surface area contributed by atoms with Gasteiger partial charge in [0.2, 0.25) is 23.6 Å². The summed E-state index contributed by atoms with van der Waals surface area (Å²) in [7, 11) is 6.45. The number of nitrogens with one attached hydrogen (secondary N) is 2. The smallest absolute Gasteiger partial charge is 0.249 e. The third-order valence-corrected chi connectivity index (χ3v) is 8.21. The highest BCUT2D eigenvalue weighted by molar-refractivity contribution is 6.01. The molecule has 0 unspecified atom stereocenters. The molecule has 0 radical (unpaired) electrons. The second-order valence-electron chi connectivity index (χ2n) is 11.9. The molecule has 10 heteroatoms. The maximum Gasteiger partial charge on any atom is 0.249 e. The monoisotopic (exact) mass is 676 g/mol. The summed E-state index contributed by atoms with van der Waals surface area (Å²) < 4.78 is 10.5. The summed E-state index contributed by atoms with van der Waals surface area (Å²) in [6, 6.07) is 31.2. The summed E-state index contributed by atoms with van der Waals surface area (Å²) in [5.74, 6) is -0.207. The first kappa shape index (κ1) is 36.9. The van der Waals surface area contributed by atoms with E-state index < -0.39 is 23.9 Å². The molecular weight excluding hydrogens is 632 g/mol. The Morgan fingerprint density at radius 1 is 0.620 bits per heavy atom. The summed E-state index contributed by atoms with van der Waals surface area (Å²) in [6.45, 7) is 1.66. The van der Waals surface area contributed by atoms with Crippen LogP contribution in [0.4, 0.5) is 11.4 Å². The predicted molar refractivity (Wildman–Crippen MR) is 195 cm³/mol. The SMILES string of the molecule is COc1ccc(N(C)C(=O)[C@H](Cc2ccccc2)NC(=O)C=C(C)CC(=O)N[C@@H](Cc2ccccc2)C(=O)N(C)c2ccc(OC)cc2)cc1. The van der Waals surface area contributed by atoms with Crippen LogP contribution in [0.15, 0.2) is 121 Å². The largest absolute Gasteiger partial charge is 0.497 e. The van der Waals surface area contributed by atoms with Crippen LogP contribution in [0.5, 0.6) is 11.5 Å². The van der Waals surface area contributed by atoms with Gasteiger partial charge in [0.15, 0.2) is 0 Å². The molecule has 2 atom stereocenters. The van der Waals surface area contributed by atoms with Crippen LogP contribution in [0, 0.1) is 0 Å². The van der Waals surface area contributed by atoms with Gasteiger partial charge in [0, 0.05) is 50.8 Å². The fourth-order valence-corrected chi connectivity index (χ4v) is 5.42. The standard InChI is InChI=1S/C40H44N4O6/c1-28(24-37(45)41-35(26-29-12-8-6-9-13-29)39(47)43(2)31-16-20-33(49-4)21-17-31)25-38(46)42-36(27-30-14-10-7-11-15-30)40(48)44(3)32-18-22-34(50-5)23-19-32/h6-24,35-36H,25-27H2,1-5H3,(H,41,45)(H,42,46)/t35-,36-/m0/s1. The van der Waals surface area contributed by atoms with Crippen molar-refractivity contribution in [3.8, 4) is 11.5 Å². The van der Waals surface area contributed by atoms with Crippen molar-refractivity contribution >= 4 is 35.0 Å². The number of anilines is 2. The van der Waals surface area contributed by atoms with Crippen LogP contribution < -0.4 is 29.9 Å². The van der Waals surface area contributed by atoms with Crippen molar-refractivity contribution in [2.45, 2.75) is 38.3 Å². The molecule has 4 amide bonds. The van der Waals surface area contributed by atoms with Crippen molar-refractivity contribution in [1.82, 2.24) is 10.6 Å². The third kappa shape index (κ3) is 10.6. The van der Waals surface area contributed by atoms with Crippen LogP contribution in [0.3, 0.4) is 0 Å². The van der Waals surface area contributed by atoms with E-state index in [0.29, 0.717) is 28.4 Å². The normalized spacial score (nSPS) is 12.2. The van der Waals surface area contributed by atoms with Crippen molar-refractivity contribution in [3.05, 3.63) is 132 Å². The second-order valence-corrected chi connectivity index (χ2v) is 11.9. The van der Waals surface area contributed by atoms with Crippen LogP contribution in [-0.4, -0.2) is 64.0 Å². The molecule has 2 N–H and O–H groups in total. The number of carbonyl (C=O) groups excluding carboxylic acids is 4. The molecule has 4 rings (SSSR count). The van der Waals surface area contributed by atoms with Gasteiger partial charge >= 0.3 is 0 Å². The van der Waals surface area contributed by atoms with Crippen molar-refractivity contribution in [2.24, 2.45) is 0 Å². The lowest BCUT2D eigenvalue weighted by molar-refractivity contribution is -0.127. The van der Waals surface area contributed by atoms with Gasteiger partial charge in [-0.1, -0.05) is 66.2 Å². The Labute approximate surface area is 293 Å². The van der Waals surface area contributed by atoms with E-state index in [9.17, 15) is 19.2 Å². The average Bonchev–Trinajstić information content (AvgIpc) is 3.13. The fraction of sp³-hybridized carbons (Fsp3) is 0.250. The van der Waals surface area contributed by atoms with Gasteiger partial charge in [-0.25, -0.2) is 0 Å². The molecule has 0 aromatic heterocycles. The number of carbonyl (C=O) groups is 4. The highest BCUT2D eigenvalue weighted by Crippen LogP contribution is 2.21. The first-order valence-corrected chi connectivity index (χ1v) is 16.3. The van der Waals surface area contributed by atoms with Gasteiger partial charge in [-0.15, -0.1) is 0 Å². The molecule has 0 heterocycles. The predicted octanol–water partition coefficient (Wildman–Crippen LogP) is 5.12. The minimum atomic E-state index is -0.878.